The van der Waals surface area contributed by atoms with Crippen molar-refractivity contribution in [2.45, 2.75) is 5.16 Å². The summed E-state index contributed by atoms with van der Waals surface area (Å²) in [5.41, 5.74) is 2.55. The number of thioether (sulfide) groups is 1. The maximum absolute atomic E-state index is 13.2. The fourth-order valence-corrected chi connectivity index (χ4v) is 3.50. The van der Waals surface area contributed by atoms with Crippen molar-refractivity contribution in [3.05, 3.63) is 53.8 Å². The highest BCUT2D eigenvalue weighted by atomic mass is 32.2. The molecule has 3 aromatic rings. The van der Waals surface area contributed by atoms with Crippen molar-refractivity contribution >= 4 is 17.5 Å². The molecule has 0 saturated heterocycles. The zero-order valence-electron chi connectivity index (χ0n) is 14.1. The van der Waals surface area contributed by atoms with Gasteiger partial charge in [-0.05, 0) is 42.5 Å². The van der Waals surface area contributed by atoms with Gasteiger partial charge >= 0.3 is 0 Å². The van der Waals surface area contributed by atoms with E-state index in [4.69, 9.17) is 14.6 Å². The highest BCUT2D eigenvalue weighted by molar-refractivity contribution is 7.99. The summed E-state index contributed by atoms with van der Waals surface area (Å²) in [6.07, 6.45) is 0. The lowest BCUT2D eigenvalue weighted by Gasteiger charge is -2.15. The van der Waals surface area contributed by atoms with Crippen molar-refractivity contribution in [3.8, 4) is 22.9 Å². The van der Waals surface area contributed by atoms with Gasteiger partial charge in [-0.1, -0.05) is 11.8 Å². The molecule has 0 aliphatic carbocycles. The second-order valence-corrected chi connectivity index (χ2v) is 6.47. The molecule has 2 heterocycles. The lowest BCUT2D eigenvalue weighted by Crippen LogP contribution is -2.14. The van der Waals surface area contributed by atoms with E-state index in [1.807, 2.05) is 18.2 Å². The first-order valence-corrected chi connectivity index (χ1v) is 8.82. The quantitative estimate of drug-likeness (QED) is 0.704. The fourth-order valence-electron chi connectivity index (χ4n) is 2.66. The molecule has 0 bridgehead atoms. The Morgan fingerprint density at radius 1 is 0.962 bits per heavy atom. The molecule has 0 saturated carbocycles. The number of benzene rings is 2. The van der Waals surface area contributed by atoms with Crippen molar-refractivity contribution in [1.29, 1.82) is 0 Å². The van der Waals surface area contributed by atoms with Gasteiger partial charge in [0.25, 0.3) is 0 Å². The highest BCUT2D eigenvalue weighted by Crippen LogP contribution is 2.32. The Hall–Kier alpha value is -2.87. The molecule has 1 aliphatic heterocycles. The van der Waals surface area contributed by atoms with Crippen molar-refractivity contribution in [1.82, 2.24) is 14.9 Å². The number of methoxy groups -OCH3 is 2. The SMILES string of the molecule is COc1ccc(C2=Nn3c(nnc3-c3ccc(F)cc3)SC2)cc1OC. The number of halogens is 1. The number of aromatic nitrogens is 3. The molecule has 1 aromatic heterocycles. The third-order valence-corrected chi connectivity index (χ3v) is 4.92. The third kappa shape index (κ3) is 2.92. The number of hydrogen-bond acceptors (Lipinski definition) is 6. The van der Waals surface area contributed by atoms with Crippen LogP contribution in [0, 0.1) is 5.82 Å². The van der Waals surface area contributed by atoms with E-state index in [9.17, 15) is 4.39 Å². The van der Waals surface area contributed by atoms with Gasteiger partial charge in [-0.25, -0.2) is 4.39 Å². The maximum atomic E-state index is 13.2. The first kappa shape index (κ1) is 16.6. The van der Waals surface area contributed by atoms with Crippen LogP contribution in [0.5, 0.6) is 11.5 Å². The predicted molar refractivity (Wildman–Crippen MR) is 97.6 cm³/mol. The van der Waals surface area contributed by atoms with Gasteiger partial charge in [-0.15, -0.1) is 10.2 Å². The van der Waals surface area contributed by atoms with E-state index < -0.39 is 0 Å². The summed E-state index contributed by atoms with van der Waals surface area (Å²) in [5.74, 6) is 2.25. The van der Waals surface area contributed by atoms with E-state index in [0.29, 0.717) is 28.2 Å². The molecule has 0 amide bonds. The first-order valence-electron chi connectivity index (χ1n) is 7.84. The molecule has 6 nitrogen and oxygen atoms in total. The van der Waals surface area contributed by atoms with Crippen molar-refractivity contribution in [3.63, 3.8) is 0 Å². The summed E-state index contributed by atoms with van der Waals surface area (Å²) in [6, 6.07) is 11.8. The van der Waals surface area contributed by atoms with Crippen LogP contribution in [0.4, 0.5) is 4.39 Å². The van der Waals surface area contributed by atoms with Crippen LogP contribution in [0.1, 0.15) is 5.56 Å². The summed E-state index contributed by atoms with van der Waals surface area (Å²) < 4.78 is 25.5. The number of hydrogen-bond donors (Lipinski definition) is 0. The molecule has 8 heteroatoms. The van der Waals surface area contributed by atoms with Gasteiger partial charge in [0.15, 0.2) is 17.3 Å². The third-order valence-electron chi connectivity index (χ3n) is 3.99. The van der Waals surface area contributed by atoms with E-state index in [1.54, 1.807) is 42.8 Å². The fraction of sp³-hybridized carbons (Fsp3) is 0.167. The van der Waals surface area contributed by atoms with Gasteiger partial charge in [-0.3, -0.25) is 0 Å². The lowest BCUT2D eigenvalue weighted by molar-refractivity contribution is 0.355. The van der Waals surface area contributed by atoms with Gasteiger partial charge in [0.05, 0.1) is 19.9 Å². The van der Waals surface area contributed by atoms with Crippen LogP contribution in [0.3, 0.4) is 0 Å². The minimum absolute atomic E-state index is 0.295. The zero-order chi connectivity index (χ0) is 18.1. The molecule has 4 rings (SSSR count). The van der Waals surface area contributed by atoms with E-state index >= 15 is 0 Å². The minimum Gasteiger partial charge on any atom is -0.493 e. The average molecular weight is 370 g/mol. The van der Waals surface area contributed by atoms with Crippen molar-refractivity contribution in [2.75, 3.05) is 20.0 Å². The number of rotatable bonds is 4. The normalized spacial score (nSPS) is 13.1. The first-order chi connectivity index (χ1) is 12.7. The summed E-state index contributed by atoms with van der Waals surface area (Å²) >= 11 is 1.55. The molecule has 132 valence electrons. The summed E-state index contributed by atoms with van der Waals surface area (Å²) in [6.45, 7) is 0. The topological polar surface area (TPSA) is 61.5 Å². The Labute approximate surface area is 153 Å². The van der Waals surface area contributed by atoms with Crippen molar-refractivity contribution < 1.29 is 13.9 Å². The Bertz CT molecular complexity index is 985. The Morgan fingerprint density at radius 2 is 1.69 bits per heavy atom. The molecule has 2 aromatic carbocycles. The molecule has 0 atom stereocenters. The Morgan fingerprint density at radius 3 is 2.42 bits per heavy atom. The average Bonchev–Trinajstić information content (AvgIpc) is 3.11. The van der Waals surface area contributed by atoms with Gasteiger partial charge in [-0.2, -0.15) is 9.78 Å². The van der Waals surface area contributed by atoms with Gasteiger partial charge in [0.1, 0.15) is 5.82 Å². The zero-order valence-corrected chi connectivity index (χ0v) is 15.0. The van der Waals surface area contributed by atoms with E-state index in [-0.39, 0.29) is 5.82 Å². The lowest BCUT2D eigenvalue weighted by atomic mass is 10.1. The second kappa shape index (κ2) is 6.80. The predicted octanol–water partition coefficient (Wildman–Crippen LogP) is 3.46. The molecular weight excluding hydrogens is 355 g/mol. The smallest absolute Gasteiger partial charge is 0.212 e. The van der Waals surface area contributed by atoms with Gasteiger partial charge < -0.3 is 9.47 Å². The maximum Gasteiger partial charge on any atom is 0.212 e. The molecule has 0 N–H and O–H groups in total. The van der Waals surface area contributed by atoms with Crippen LogP contribution in [0.2, 0.25) is 0 Å². The second-order valence-electron chi connectivity index (χ2n) is 5.53. The molecule has 26 heavy (non-hydrogen) atoms. The number of nitrogens with zero attached hydrogens (tertiary/aromatic N) is 4. The van der Waals surface area contributed by atoms with Crippen LogP contribution in [-0.4, -0.2) is 40.6 Å². The Balaban J connectivity index is 1.75. The standard InChI is InChI=1S/C18H15FN4O2S/c1-24-15-8-5-12(9-16(15)25-2)14-10-26-18-21-20-17(23(18)22-14)11-3-6-13(19)7-4-11/h3-9H,10H2,1-2H3. The number of fused-ring (bicyclic) bond motifs is 1. The molecule has 0 fully saturated rings. The van der Waals surface area contributed by atoms with Crippen LogP contribution in [-0.2, 0) is 0 Å². The van der Waals surface area contributed by atoms with E-state index in [0.717, 1.165) is 16.8 Å². The minimum atomic E-state index is -0.295. The van der Waals surface area contributed by atoms with E-state index in [2.05, 4.69) is 10.2 Å². The van der Waals surface area contributed by atoms with Gasteiger partial charge in [0.2, 0.25) is 5.16 Å². The highest BCUT2D eigenvalue weighted by Gasteiger charge is 2.21. The monoisotopic (exact) mass is 370 g/mol. The van der Waals surface area contributed by atoms with Crippen molar-refractivity contribution in [2.24, 2.45) is 5.10 Å². The summed E-state index contributed by atoms with van der Waals surface area (Å²) in [7, 11) is 3.20. The molecule has 0 spiro atoms. The van der Waals surface area contributed by atoms with Gasteiger partial charge in [0, 0.05) is 16.9 Å². The molecule has 0 radical (unpaired) electrons. The van der Waals surface area contributed by atoms with Crippen LogP contribution >= 0.6 is 11.8 Å². The molecule has 1 aliphatic rings. The van der Waals surface area contributed by atoms with Crippen LogP contribution in [0.15, 0.2) is 52.7 Å². The molecule has 0 unspecified atom stereocenters. The number of ether oxygens (including phenoxy) is 2. The Kier molecular flexibility index (Phi) is 4.34. The largest absolute Gasteiger partial charge is 0.493 e. The summed E-state index contributed by atoms with van der Waals surface area (Å²) in [5, 5.41) is 13.8. The van der Waals surface area contributed by atoms with E-state index in [1.165, 1.54) is 12.1 Å². The molecular formula is C18H15FN4O2S. The summed E-state index contributed by atoms with van der Waals surface area (Å²) in [4.78, 5) is 0. The van der Waals surface area contributed by atoms with Crippen LogP contribution < -0.4 is 9.47 Å². The van der Waals surface area contributed by atoms with Crippen LogP contribution in [0.25, 0.3) is 11.4 Å².